The Morgan fingerprint density at radius 2 is 2.18 bits per heavy atom. The molecule has 2 aromatic heterocycles. The Morgan fingerprint density at radius 1 is 1.41 bits per heavy atom. The van der Waals surface area contributed by atoms with Gasteiger partial charge in [0.25, 0.3) is 5.91 Å². The molecule has 0 saturated heterocycles. The Labute approximate surface area is 132 Å². The van der Waals surface area contributed by atoms with Crippen molar-refractivity contribution in [3.63, 3.8) is 0 Å². The van der Waals surface area contributed by atoms with Gasteiger partial charge in [0.2, 0.25) is 0 Å². The third-order valence-electron chi connectivity index (χ3n) is 3.51. The largest absolute Gasteiger partial charge is 0.462 e. The molecule has 1 amide bonds. The molecule has 3 rings (SSSR count). The molecule has 1 fully saturated rings. The van der Waals surface area contributed by atoms with E-state index in [4.69, 9.17) is 9.15 Å². The van der Waals surface area contributed by atoms with Crippen molar-refractivity contribution in [2.24, 2.45) is 0 Å². The number of ether oxygens (including phenoxy) is 1. The predicted molar refractivity (Wildman–Crippen MR) is 83.6 cm³/mol. The highest BCUT2D eigenvalue weighted by Crippen LogP contribution is 2.46. The molecule has 1 aliphatic carbocycles. The molecule has 5 nitrogen and oxygen atoms in total. The van der Waals surface area contributed by atoms with E-state index >= 15 is 0 Å². The van der Waals surface area contributed by atoms with Crippen LogP contribution in [0.1, 0.15) is 57.9 Å². The van der Waals surface area contributed by atoms with Gasteiger partial charge in [-0.15, -0.1) is 11.3 Å². The van der Waals surface area contributed by atoms with Crippen molar-refractivity contribution in [2.75, 3.05) is 11.9 Å². The fraction of sp³-hybridized carbons (Fsp3) is 0.375. The number of anilines is 1. The molecule has 2 aromatic rings. The highest BCUT2D eigenvalue weighted by atomic mass is 32.1. The number of carbonyl (C=O) groups excluding carboxylic acids is 2. The van der Waals surface area contributed by atoms with Crippen molar-refractivity contribution in [3.05, 3.63) is 40.2 Å². The van der Waals surface area contributed by atoms with Crippen LogP contribution in [0.4, 0.5) is 5.00 Å². The molecule has 1 saturated carbocycles. The minimum absolute atomic E-state index is 0.230. The number of hydrogen-bond acceptors (Lipinski definition) is 5. The Balaban J connectivity index is 1.86. The number of rotatable bonds is 5. The molecule has 0 spiro atoms. The van der Waals surface area contributed by atoms with Crippen LogP contribution in [0.2, 0.25) is 0 Å². The zero-order valence-corrected chi connectivity index (χ0v) is 13.3. The SMILES string of the molecule is CCOC(=O)c1c(C2CC2)csc1NC(=O)c1ccc(C)o1. The van der Waals surface area contributed by atoms with Crippen LogP contribution in [-0.2, 0) is 4.74 Å². The maximum absolute atomic E-state index is 12.2. The second-order valence-electron chi connectivity index (χ2n) is 5.25. The smallest absolute Gasteiger partial charge is 0.341 e. The number of nitrogens with one attached hydrogen (secondary N) is 1. The lowest BCUT2D eigenvalue weighted by Gasteiger charge is -2.07. The van der Waals surface area contributed by atoms with E-state index in [1.54, 1.807) is 26.0 Å². The molecule has 0 aliphatic heterocycles. The van der Waals surface area contributed by atoms with E-state index in [1.807, 2.05) is 5.38 Å². The second kappa shape index (κ2) is 5.96. The molecule has 22 heavy (non-hydrogen) atoms. The van der Waals surface area contributed by atoms with Crippen LogP contribution in [0.3, 0.4) is 0 Å². The van der Waals surface area contributed by atoms with Crippen molar-refractivity contribution in [3.8, 4) is 0 Å². The normalized spacial score (nSPS) is 13.9. The molecule has 1 aliphatic rings. The maximum Gasteiger partial charge on any atom is 0.341 e. The van der Waals surface area contributed by atoms with Gasteiger partial charge in [-0.3, -0.25) is 4.79 Å². The number of thiophene rings is 1. The molecule has 0 unspecified atom stereocenters. The summed E-state index contributed by atoms with van der Waals surface area (Å²) in [5.41, 5.74) is 1.47. The molecule has 1 N–H and O–H groups in total. The van der Waals surface area contributed by atoms with Gasteiger partial charge < -0.3 is 14.5 Å². The summed E-state index contributed by atoms with van der Waals surface area (Å²) in [7, 11) is 0. The van der Waals surface area contributed by atoms with Crippen LogP contribution in [0, 0.1) is 6.92 Å². The average molecular weight is 319 g/mol. The summed E-state index contributed by atoms with van der Waals surface area (Å²) in [4.78, 5) is 24.4. The number of furan rings is 1. The summed E-state index contributed by atoms with van der Waals surface area (Å²) in [5.74, 6) is 0.570. The summed E-state index contributed by atoms with van der Waals surface area (Å²) < 4.78 is 10.4. The first kappa shape index (κ1) is 14.8. The first-order valence-electron chi connectivity index (χ1n) is 7.26. The predicted octanol–water partition coefficient (Wildman–Crippen LogP) is 3.96. The monoisotopic (exact) mass is 319 g/mol. The van der Waals surface area contributed by atoms with E-state index in [0.717, 1.165) is 18.4 Å². The Hall–Kier alpha value is -2.08. The van der Waals surface area contributed by atoms with E-state index < -0.39 is 0 Å². The highest BCUT2D eigenvalue weighted by molar-refractivity contribution is 7.15. The molecular formula is C16H17NO4S. The first-order chi connectivity index (χ1) is 10.6. The maximum atomic E-state index is 12.2. The minimum Gasteiger partial charge on any atom is -0.462 e. The molecule has 0 bridgehead atoms. The van der Waals surface area contributed by atoms with Crippen LogP contribution in [0.25, 0.3) is 0 Å². The molecule has 2 heterocycles. The number of hydrogen-bond donors (Lipinski definition) is 1. The van der Waals surface area contributed by atoms with Gasteiger partial charge >= 0.3 is 5.97 Å². The van der Waals surface area contributed by atoms with Gasteiger partial charge in [-0.05, 0) is 55.7 Å². The van der Waals surface area contributed by atoms with Crippen LogP contribution >= 0.6 is 11.3 Å². The standard InChI is InChI=1S/C16H17NO4S/c1-3-20-16(19)13-11(10-5-6-10)8-22-15(13)17-14(18)12-7-4-9(2)21-12/h4,7-8,10H,3,5-6H2,1-2H3,(H,17,18). The number of esters is 1. The molecule has 0 radical (unpaired) electrons. The third kappa shape index (κ3) is 2.92. The fourth-order valence-corrected chi connectivity index (χ4v) is 3.32. The van der Waals surface area contributed by atoms with Crippen molar-refractivity contribution >= 4 is 28.2 Å². The second-order valence-corrected chi connectivity index (χ2v) is 6.13. The lowest BCUT2D eigenvalue weighted by Crippen LogP contribution is -2.14. The van der Waals surface area contributed by atoms with E-state index in [0.29, 0.717) is 28.8 Å². The van der Waals surface area contributed by atoms with E-state index in [1.165, 1.54) is 11.3 Å². The Morgan fingerprint density at radius 3 is 2.77 bits per heavy atom. The van der Waals surface area contributed by atoms with Crippen LogP contribution in [0.15, 0.2) is 21.9 Å². The number of carbonyl (C=O) groups is 2. The molecule has 6 heteroatoms. The van der Waals surface area contributed by atoms with E-state index in [-0.39, 0.29) is 17.6 Å². The van der Waals surface area contributed by atoms with Crippen molar-refractivity contribution in [2.45, 2.75) is 32.6 Å². The van der Waals surface area contributed by atoms with Gasteiger partial charge in [0, 0.05) is 0 Å². The average Bonchev–Trinajstić information content (AvgIpc) is 3.10. The highest BCUT2D eigenvalue weighted by Gasteiger charge is 2.32. The van der Waals surface area contributed by atoms with Crippen molar-refractivity contribution < 1.29 is 18.7 Å². The lowest BCUT2D eigenvalue weighted by atomic mass is 10.1. The van der Waals surface area contributed by atoms with Gasteiger partial charge in [-0.25, -0.2) is 4.79 Å². The topological polar surface area (TPSA) is 68.5 Å². The van der Waals surface area contributed by atoms with E-state index in [2.05, 4.69) is 5.32 Å². The molecule has 0 aromatic carbocycles. The molecular weight excluding hydrogens is 302 g/mol. The summed E-state index contributed by atoms with van der Waals surface area (Å²) in [6.07, 6.45) is 2.15. The Kier molecular flexibility index (Phi) is 4.02. The molecule has 116 valence electrons. The number of amides is 1. The van der Waals surface area contributed by atoms with Gasteiger partial charge in [0.05, 0.1) is 12.2 Å². The zero-order valence-electron chi connectivity index (χ0n) is 12.5. The van der Waals surface area contributed by atoms with Crippen molar-refractivity contribution in [1.82, 2.24) is 0 Å². The fourth-order valence-electron chi connectivity index (χ4n) is 2.29. The summed E-state index contributed by atoms with van der Waals surface area (Å²) in [6, 6.07) is 3.34. The zero-order chi connectivity index (χ0) is 15.7. The van der Waals surface area contributed by atoms with Crippen LogP contribution < -0.4 is 5.32 Å². The van der Waals surface area contributed by atoms with E-state index in [9.17, 15) is 9.59 Å². The quantitative estimate of drug-likeness (QED) is 0.847. The lowest BCUT2D eigenvalue weighted by molar-refractivity contribution is 0.0527. The first-order valence-corrected chi connectivity index (χ1v) is 8.14. The van der Waals surface area contributed by atoms with Crippen LogP contribution in [0.5, 0.6) is 0 Å². The summed E-state index contributed by atoms with van der Waals surface area (Å²) >= 11 is 1.35. The van der Waals surface area contributed by atoms with Gasteiger partial charge in [0.1, 0.15) is 10.8 Å². The summed E-state index contributed by atoms with van der Waals surface area (Å²) in [5, 5.41) is 5.23. The van der Waals surface area contributed by atoms with Gasteiger partial charge in [-0.2, -0.15) is 0 Å². The van der Waals surface area contributed by atoms with Crippen molar-refractivity contribution in [1.29, 1.82) is 0 Å². The molecule has 0 atom stereocenters. The number of aryl methyl sites for hydroxylation is 1. The summed E-state index contributed by atoms with van der Waals surface area (Å²) in [6.45, 7) is 3.85. The van der Waals surface area contributed by atoms with Gasteiger partial charge in [-0.1, -0.05) is 0 Å². The van der Waals surface area contributed by atoms with Gasteiger partial charge in [0.15, 0.2) is 5.76 Å². The minimum atomic E-state index is -0.378. The Bertz CT molecular complexity index is 712. The third-order valence-corrected chi connectivity index (χ3v) is 4.42. The van der Waals surface area contributed by atoms with Crippen LogP contribution in [-0.4, -0.2) is 18.5 Å².